The molecular weight excluding hydrogens is 178 g/mol. The molecule has 1 N–H and O–H groups in total. The molecule has 0 fully saturated rings. The third-order valence-electron chi connectivity index (χ3n) is 2.35. The van der Waals surface area contributed by atoms with Gasteiger partial charge in [-0.3, -0.25) is 9.78 Å². The van der Waals surface area contributed by atoms with E-state index in [1.807, 2.05) is 24.3 Å². The van der Waals surface area contributed by atoms with Crippen molar-refractivity contribution in [1.29, 1.82) is 0 Å². The van der Waals surface area contributed by atoms with Crippen LogP contribution in [0.4, 0.5) is 0 Å². The number of H-pyrrole nitrogens is 1. The van der Waals surface area contributed by atoms with Crippen LogP contribution in [0.1, 0.15) is 0 Å². The molecule has 0 saturated heterocycles. The second kappa shape index (κ2) is 2.48. The first-order valence-electron chi connectivity index (χ1n) is 4.34. The molecule has 14 heavy (non-hydrogen) atoms. The number of hydrogen-bond donors (Lipinski definition) is 1. The molecule has 0 aliphatic carbocycles. The van der Waals surface area contributed by atoms with Crippen molar-refractivity contribution in [2.24, 2.45) is 0 Å². The van der Waals surface area contributed by atoms with Crippen molar-refractivity contribution >= 4 is 21.9 Å². The number of nitrogens with one attached hydrogen (secondary N) is 1. The van der Waals surface area contributed by atoms with Crippen LogP contribution in [0.5, 0.6) is 0 Å². The van der Waals surface area contributed by atoms with E-state index >= 15 is 0 Å². The molecule has 0 unspecified atom stereocenters. The molecule has 0 saturated carbocycles. The summed E-state index contributed by atoms with van der Waals surface area (Å²) in [6.07, 6.45) is 1.58. The van der Waals surface area contributed by atoms with Crippen LogP contribution in [0.15, 0.2) is 45.8 Å². The zero-order valence-electron chi connectivity index (χ0n) is 7.28. The maximum atomic E-state index is 11.6. The SMILES string of the molecule is O=c1[nH]c2occc2c2ccccc12. The van der Waals surface area contributed by atoms with Gasteiger partial charge in [-0.15, -0.1) is 0 Å². The van der Waals surface area contributed by atoms with Crippen molar-refractivity contribution in [2.75, 3.05) is 0 Å². The molecule has 3 heteroatoms. The minimum absolute atomic E-state index is 0.108. The second-order valence-corrected chi connectivity index (χ2v) is 3.16. The summed E-state index contributed by atoms with van der Waals surface area (Å²) in [5.74, 6) is 0. The molecule has 3 rings (SSSR count). The standard InChI is InChI=1S/C11H7NO2/c13-10-8-4-2-1-3-7(8)9-5-6-14-11(9)12-10/h1-6H,(H,12,13). The van der Waals surface area contributed by atoms with Gasteiger partial charge in [-0.25, -0.2) is 0 Å². The van der Waals surface area contributed by atoms with Gasteiger partial charge in [0.25, 0.3) is 5.56 Å². The molecule has 2 aromatic heterocycles. The van der Waals surface area contributed by atoms with Crippen molar-refractivity contribution in [1.82, 2.24) is 4.98 Å². The molecule has 0 aliphatic heterocycles. The van der Waals surface area contributed by atoms with Gasteiger partial charge in [0.2, 0.25) is 5.71 Å². The summed E-state index contributed by atoms with van der Waals surface area (Å²) in [5.41, 5.74) is 0.428. The molecule has 0 radical (unpaired) electrons. The Kier molecular flexibility index (Phi) is 1.31. The Bertz CT molecular complexity index is 663. The highest BCUT2D eigenvalue weighted by Gasteiger charge is 2.05. The molecule has 0 atom stereocenters. The van der Waals surface area contributed by atoms with Gasteiger partial charge in [-0.2, -0.15) is 0 Å². The Labute approximate surface area is 79.0 Å². The van der Waals surface area contributed by atoms with Crippen LogP contribution >= 0.6 is 0 Å². The van der Waals surface area contributed by atoms with E-state index < -0.39 is 0 Å². The summed E-state index contributed by atoms with van der Waals surface area (Å²) in [6.45, 7) is 0. The number of furan rings is 1. The molecule has 3 aromatic rings. The van der Waals surface area contributed by atoms with Crippen LogP contribution in [0.25, 0.3) is 21.9 Å². The number of aromatic amines is 1. The predicted octanol–water partition coefficient (Wildman–Crippen LogP) is 2.27. The smallest absolute Gasteiger partial charge is 0.258 e. The van der Waals surface area contributed by atoms with Gasteiger partial charge in [-0.05, 0) is 17.5 Å². The van der Waals surface area contributed by atoms with E-state index in [0.717, 1.165) is 10.8 Å². The van der Waals surface area contributed by atoms with Crippen LogP contribution in [-0.2, 0) is 0 Å². The number of pyridine rings is 1. The van der Waals surface area contributed by atoms with Crippen molar-refractivity contribution < 1.29 is 4.42 Å². The summed E-state index contributed by atoms with van der Waals surface area (Å²) >= 11 is 0. The van der Waals surface area contributed by atoms with E-state index in [2.05, 4.69) is 4.98 Å². The molecule has 3 nitrogen and oxygen atoms in total. The van der Waals surface area contributed by atoms with Crippen LogP contribution in [-0.4, -0.2) is 4.98 Å². The molecule has 0 bridgehead atoms. The van der Waals surface area contributed by atoms with E-state index in [1.165, 1.54) is 0 Å². The average Bonchev–Trinajstić information content (AvgIpc) is 2.66. The van der Waals surface area contributed by atoms with Gasteiger partial charge in [0, 0.05) is 10.8 Å². The van der Waals surface area contributed by atoms with E-state index in [4.69, 9.17) is 4.42 Å². The number of fused-ring (bicyclic) bond motifs is 3. The Morgan fingerprint density at radius 1 is 1.00 bits per heavy atom. The summed E-state index contributed by atoms with van der Waals surface area (Å²) in [4.78, 5) is 14.3. The first kappa shape index (κ1) is 7.38. The van der Waals surface area contributed by atoms with Crippen molar-refractivity contribution in [3.8, 4) is 0 Å². The second-order valence-electron chi connectivity index (χ2n) is 3.16. The van der Waals surface area contributed by atoms with Crippen LogP contribution in [0.3, 0.4) is 0 Å². The van der Waals surface area contributed by atoms with Gasteiger partial charge in [0.15, 0.2) is 0 Å². The van der Waals surface area contributed by atoms with Gasteiger partial charge in [-0.1, -0.05) is 18.2 Å². The quantitative estimate of drug-likeness (QED) is 0.584. The number of rotatable bonds is 0. The zero-order valence-corrected chi connectivity index (χ0v) is 7.28. The lowest BCUT2D eigenvalue weighted by Crippen LogP contribution is -2.04. The predicted molar refractivity (Wildman–Crippen MR) is 54.3 cm³/mol. The Hall–Kier alpha value is -2.03. The average molecular weight is 185 g/mol. The minimum Gasteiger partial charge on any atom is -0.448 e. The highest BCUT2D eigenvalue weighted by atomic mass is 16.3. The lowest BCUT2D eigenvalue weighted by molar-refractivity contribution is 0.602. The lowest BCUT2D eigenvalue weighted by atomic mass is 10.1. The van der Waals surface area contributed by atoms with E-state index in [0.29, 0.717) is 11.1 Å². The third kappa shape index (κ3) is 0.836. The van der Waals surface area contributed by atoms with E-state index in [-0.39, 0.29) is 5.56 Å². The topological polar surface area (TPSA) is 46.0 Å². The summed E-state index contributed by atoms with van der Waals surface area (Å²) in [5, 5.41) is 2.57. The number of benzene rings is 1. The fourth-order valence-electron chi connectivity index (χ4n) is 1.70. The number of aromatic nitrogens is 1. The molecular formula is C11H7NO2. The molecule has 0 amide bonds. The largest absolute Gasteiger partial charge is 0.448 e. The zero-order chi connectivity index (χ0) is 9.54. The molecule has 2 heterocycles. The van der Waals surface area contributed by atoms with Crippen molar-refractivity contribution in [3.63, 3.8) is 0 Å². The highest BCUT2D eigenvalue weighted by molar-refractivity contribution is 6.03. The van der Waals surface area contributed by atoms with Crippen LogP contribution < -0.4 is 5.56 Å². The third-order valence-corrected chi connectivity index (χ3v) is 2.35. The monoisotopic (exact) mass is 185 g/mol. The summed E-state index contributed by atoms with van der Waals surface area (Å²) in [6, 6.07) is 9.34. The number of hydrogen-bond acceptors (Lipinski definition) is 2. The van der Waals surface area contributed by atoms with Crippen LogP contribution in [0, 0.1) is 0 Å². The van der Waals surface area contributed by atoms with Gasteiger partial charge in [0.1, 0.15) is 0 Å². The fourth-order valence-corrected chi connectivity index (χ4v) is 1.70. The Morgan fingerprint density at radius 2 is 1.79 bits per heavy atom. The van der Waals surface area contributed by atoms with Crippen molar-refractivity contribution in [2.45, 2.75) is 0 Å². The first-order valence-corrected chi connectivity index (χ1v) is 4.34. The highest BCUT2D eigenvalue weighted by Crippen LogP contribution is 2.20. The summed E-state index contributed by atoms with van der Waals surface area (Å²) in [7, 11) is 0. The summed E-state index contributed by atoms with van der Waals surface area (Å²) < 4.78 is 5.15. The normalized spacial score (nSPS) is 11.1. The minimum atomic E-state index is -0.108. The van der Waals surface area contributed by atoms with Crippen LogP contribution in [0.2, 0.25) is 0 Å². The Morgan fingerprint density at radius 3 is 2.64 bits per heavy atom. The maximum absolute atomic E-state index is 11.6. The first-order chi connectivity index (χ1) is 6.86. The Balaban J connectivity index is 2.74. The molecule has 0 spiro atoms. The molecule has 0 aliphatic rings. The van der Waals surface area contributed by atoms with Gasteiger partial charge in [0.05, 0.1) is 6.26 Å². The molecule has 68 valence electrons. The van der Waals surface area contributed by atoms with Crippen molar-refractivity contribution in [3.05, 3.63) is 46.9 Å². The van der Waals surface area contributed by atoms with E-state index in [1.54, 1.807) is 12.3 Å². The van der Waals surface area contributed by atoms with E-state index in [9.17, 15) is 4.79 Å². The van der Waals surface area contributed by atoms with Gasteiger partial charge >= 0.3 is 0 Å². The van der Waals surface area contributed by atoms with Gasteiger partial charge < -0.3 is 4.42 Å². The fraction of sp³-hybridized carbons (Fsp3) is 0. The lowest BCUT2D eigenvalue weighted by Gasteiger charge is -1.96. The maximum Gasteiger partial charge on any atom is 0.258 e. The molecule has 1 aromatic carbocycles.